The van der Waals surface area contributed by atoms with Crippen molar-refractivity contribution in [3.63, 3.8) is 0 Å². The van der Waals surface area contributed by atoms with Gasteiger partial charge in [0.2, 0.25) is 20.0 Å². The maximum absolute atomic E-state index is 11.5. The van der Waals surface area contributed by atoms with E-state index in [1.807, 2.05) is 0 Å². The van der Waals surface area contributed by atoms with E-state index in [-0.39, 0.29) is 75.2 Å². The van der Waals surface area contributed by atoms with E-state index in [0.717, 1.165) is 25.7 Å². The quantitative estimate of drug-likeness (QED) is 0.0959. The van der Waals surface area contributed by atoms with Gasteiger partial charge in [-0.1, -0.05) is 117 Å². The predicted octanol–water partition coefficient (Wildman–Crippen LogP) is 2.77. The molecular weight excluding hydrogens is 597 g/mol. The van der Waals surface area contributed by atoms with Crippen molar-refractivity contribution < 1.29 is 36.6 Å². The molecule has 2 N–H and O–H groups in total. The van der Waals surface area contributed by atoms with Crippen molar-refractivity contribution in [2.24, 2.45) is 0 Å². The molecule has 0 heterocycles. The van der Waals surface area contributed by atoms with E-state index in [1.54, 1.807) is 0 Å². The Kier molecular flexibility index (Phi) is 34.9. The Morgan fingerprint density at radius 1 is 0.488 bits per heavy atom. The Morgan fingerprint density at radius 2 is 0.732 bits per heavy atom. The van der Waals surface area contributed by atoms with Crippen molar-refractivity contribution >= 4 is 69.7 Å². The molecule has 0 amide bonds. The van der Waals surface area contributed by atoms with Crippen molar-refractivity contribution in [2.45, 2.75) is 142 Å². The smallest absolute Gasteiger partial charge is 0.550 e. The first-order valence-corrected chi connectivity index (χ1v) is 18.6. The summed E-state index contributed by atoms with van der Waals surface area (Å²) in [6.45, 7) is 4.23. The minimum Gasteiger partial charge on any atom is -0.550 e. The van der Waals surface area contributed by atoms with Gasteiger partial charge in [-0.25, -0.2) is 26.3 Å². The van der Waals surface area contributed by atoms with E-state index in [2.05, 4.69) is 23.3 Å². The molecule has 0 aliphatic rings. The van der Waals surface area contributed by atoms with Crippen LogP contribution >= 0.6 is 0 Å². The van der Waals surface area contributed by atoms with Crippen LogP contribution in [-0.2, 0) is 29.6 Å². The van der Waals surface area contributed by atoms with Crippen LogP contribution in [-0.4, -0.2) is 91.1 Å². The Morgan fingerprint density at radius 3 is 0.976 bits per heavy atom. The number of carboxylic acids is 2. The molecule has 0 fully saturated rings. The van der Waals surface area contributed by atoms with Crippen molar-refractivity contribution in [1.29, 1.82) is 0 Å². The fourth-order valence-corrected chi connectivity index (χ4v) is 6.25. The number of sulfonamides is 2. The van der Waals surface area contributed by atoms with Gasteiger partial charge in [-0.05, 0) is 12.8 Å². The largest absolute Gasteiger partial charge is 2.00 e. The summed E-state index contributed by atoms with van der Waals surface area (Å²) in [5, 5.41) is 20.3. The summed E-state index contributed by atoms with van der Waals surface area (Å²) in [6, 6.07) is 0. The molecule has 10 nitrogen and oxygen atoms in total. The van der Waals surface area contributed by atoms with Gasteiger partial charge in [0.15, 0.2) is 0 Å². The zero-order chi connectivity index (χ0) is 30.5. The SMILES string of the molecule is CCCCCCCCCCCS(=O)(=O)NCCC(=O)[O-].CCCCCCCCCCCS(=O)(=O)NCCC(=O)[O-].[Ca+2]. The molecule has 0 unspecified atom stereocenters. The van der Waals surface area contributed by atoms with Crippen LogP contribution in [0.2, 0.25) is 0 Å². The Labute approximate surface area is 280 Å². The second kappa shape index (κ2) is 31.4. The number of nitrogens with one attached hydrogen (secondary N) is 2. The molecule has 0 aromatic heterocycles. The molecule has 0 aromatic rings. The molecular formula is C28H56CaN2O8S2. The van der Waals surface area contributed by atoms with Gasteiger partial charge in [0.1, 0.15) is 0 Å². The fraction of sp³-hybridized carbons (Fsp3) is 0.929. The zero-order valence-electron chi connectivity index (χ0n) is 25.8. The maximum Gasteiger partial charge on any atom is 2.00 e. The van der Waals surface area contributed by atoms with Gasteiger partial charge in [0.25, 0.3) is 0 Å². The topological polar surface area (TPSA) is 173 Å². The molecule has 0 aliphatic carbocycles. The molecule has 0 aliphatic heterocycles. The molecule has 0 atom stereocenters. The van der Waals surface area contributed by atoms with E-state index in [1.165, 1.54) is 77.0 Å². The second-order valence-corrected chi connectivity index (χ2v) is 14.2. The van der Waals surface area contributed by atoms with Gasteiger partial charge in [0, 0.05) is 37.9 Å². The Balaban J connectivity index is -0.000000688. The summed E-state index contributed by atoms with van der Waals surface area (Å²) in [6.07, 6.45) is 19.7. The van der Waals surface area contributed by atoms with Crippen LogP contribution in [0.1, 0.15) is 142 Å². The minimum absolute atomic E-state index is 0. The summed E-state index contributed by atoms with van der Waals surface area (Å²) >= 11 is 0. The maximum atomic E-state index is 11.5. The number of carboxylic acid groups (broad SMARTS) is 2. The molecule has 13 heteroatoms. The monoisotopic (exact) mass is 652 g/mol. The number of hydrogen-bond donors (Lipinski definition) is 2. The average Bonchev–Trinajstić information content (AvgIpc) is 2.86. The van der Waals surface area contributed by atoms with E-state index < -0.39 is 32.0 Å². The molecule has 0 bridgehead atoms. The van der Waals surface area contributed by atoms with Crippen molar-refractivity contribution in [2.75, 3.05) is 24.6 Å². The summed E-state index contributed by atoms with van der Waals surface area (Å²) in [5.74, 6) is -2.32. The third-order valence-electron chi connectivity index (χ3n) is 6.34. The number of aliphatic carboxylic acids is 2. The standard InChI is InChI=1S/2C14H29NO4S.Ca/c2*1-2-3-4-5-6-7-8-9-10-13-20(18,19)15-12-11-14(16)17;/h2*15H,2-13H2,1H3,(H,16,17);/q;;+2/p-2. The molecule has 0 saturated carbocycles. The first-order valence-electron chi connectivity index (χ1n) is 15.3. The van der Waals surface area contributed by atoms with Crippen molar-refractivity contribution in [1.82, 2.24) is 9.44 Å². The van der Waals surface area contributed by atoms with Crippen molar-refractivity contribution in [3.05, 3.63) is 0 Å². The van der Waals surface area contributed by atoms with Gasteiger partial charge < -0.3 is 19.8 Å². The van der Waals surface area contributed by atoms with Crippen LogP contribution in [0.15, 0.2) is 0 Å². The van der Waals surface area contributed by atoms with Gasteiger partial charge in [-0.3, -0.25) is 0 Å². The van der Waals surface area contributed by atoms with Gasteiger partial charge in [-0.2, -0.15) is 0 Å². The molecule has 0 radical (unpaired) electrons. The van der Waals surface area contributed by atoms with Gasteiger partial charge in [0.05, 0.1) is 11.5 Å². The van der Waals surface area contributed by atoms with Crippen LogP contribution in [0.4, 0.5) is 0 Å². The summed E-state index contributed by atoms with van der Waals surface area (Å²) in [5.41, 5.74) is 0. The molecule has 0 aromatic carbocycles. The first-order chi connectivity index (χ1) is 19.0. The van der Waals surface area contributed by atoms with Crippen LogP contribution in [0.3, 0.4) is 0 Å². The molecule has 0 saturated heterocycles. The number of hydrogen-bond acceptors (Lipinski definition) is 8. The fourth-order valence-electron chi connectivity index (χ4n) is 3.97. The number of rotatable bonds is 28. The average molecular weight is 653 g/mol. The minimum atomic E-state index is -3.32. The normalized spacial score (nSPS) is 11.4. The Bertz CT molecular complexity index is 757. The van der Waals surface area contributed by atoms with Crippen LogP contribution in [0, 0.1) is 0 Å². The first kappa shape index (κ1) is 45.4. The number of unbranched alkanes of at least 4 members (excludes halogenated alkanes) is 16. The molecule has 41 heavy (non-hydrogen) atoms. The van der Waals surface area contributed by atoms with E-state index >= 15 is 0 Å². The molecule has 0 rings (SSSR count). The van der Waals surface area contributed by atoms with Crippen molar-refractivity contribution in [3.8, 4) is 0 Å². The summed E-state index contributed by atoms with van der Waals surface area (Å²) < 4.78 is 50.5. The van der Waals surface area contributed by atoms with Gasteiger partial charge in [-0.15, -0.1) is 0 Å². The van der Waals surface area contributed by atoms with Crippen LogP contribution in [0.25, 0.3) is 0 Å². The molecule has 0 spiro atoms. The predicted molar refractivity (Wildman–Crippen MR) is 163 cm³/mol. The zero-order valence-corrected chi connectivity index (χ0v) is 29.6. The second-order valence-electron chi connectivity index (χ2n) is 10.3. The summed E-state index contributed by atoms with van der Waals surface area (Å²) in [4.78, 5) is 20.3. The Hall–Kier alpha value is 0.0197. The van der Waals surface area contributed by atoms with Crippen LogP contribution < -0.4 is 19.7 Å². The van der Waals surface area contributed by atoms with Crippen LogP contribution in [0.5, 0.6) is 0 Å². The van der Waals surface area contributed by atoms with Gasteiger partial charge >= 0.3 is 37.7 Å². The van der Waals surface area contributed by atoms with E-state index in [0.29, 0.717) is 12.8 Å². The third-order valence-corrected chi connectivity index (χ3v) is 9.28. The third kappa shape index (κ3) is 40.0. The molecule has 240 valence electrons. The number of carbonyl (C=O) groups is 2. The van der Waals surface area contributed by atoms with E-state index in [4.69, 9.17) is 0 Å². The summed E-state index contributed by atoms with van der Waals surface area (Å²) in [7, 11) is -6.65. The number of carbonyl (C=O) groups excluding carboxylic acids is 2. The van der Waals surface area contributed by atoms with E-state index in [9.17, 15) is 36.6 Å².